The third kappa shape index (κ3) is 5.21. The summed E-state index contributed by atoms with van der Waals surface area (Å²) in [4.78, 5) is 12.1. The van der Waals surface area contributed by atoms with E-state index in [0.29, 0.717) is 12.3 Å². The van der Waals surface area contributed by atoms with E-state index in [-0.39, 0.29) is 17.2 Å². The Morgan fingerprint density at radius 3 is 2.33 bits per heavy atom. The van der Waals surface area contributed by atoms with E-state index in [1.807, 2.05) is 31.2 Å². The van der Waals surface area contributed by atoms with Crippen LogP contribution in [0.15, 0.2) is 47.4 Å². The predicted molar refractivity (Wildman–Crippen MR) is 102 cm³/mol. The van der Waals surface area contributed by atoms with Crippen molar-refractivity contribution in [2.75, 3.05) is 27.8 Å². The van der Waals surface area contributed by atoms with Crippen LogP contribution in [-0.4, -0.2) is 46.4 Å². The molecule has 146 valence electrons. The van der Waals surface area contributed by atoms with Crippen molar-refractivity contribution in [3.05, 3.63) is 53.6 Å². The molecular weight excluding hydrogens is 368 g/mol. The number of aryl methyl sites for hydroxylation is 1. The van der Waals surface area contributed by atoms with Gasteiger partial charge in [-0.1, -0.05) is 29.8 Å². The zero-order chi connectivity index (χ0) is 20.0. The number of nitrogens with one attached hydrogen (secondary N) is 1. The summed E-state index contributed by atoms with van der Waals surface area (Å²) in [5, 5.41) is 2.72. The average molecular weight is 392 g/mol. The normalized spacial score (nSPS) is 11.3. The van der Waals surface area contributed by atoms with Crippen molar-refractivity contribution in [2.24, 2.45) is 0 Å². The summed E-state index contributed by atoms with van der Waals surface area (Å²) in [6.45, 7) is 2.00. The summed E-state index contributed by atoms with van der Waals surface area (Å²) in [6, 6.07) is 12.2. The molecule has 0 fully saturated rings. The van der Waals surface area contributed by atoms with Crippen LogP contribution in [0.2, 0.25) is 0 Å². The lowest BCUT2D eigenvalue weighted by atomic mass is 10.1. The molecule has 0 atom stereocenters. The van der Waals surface area contributed by atoms with Gasteiger partial charge in [0, 0.05) is 19.7 Å². The van der Waals surface area contributed by atoms with E-state index in [1.165, 1.54) is 33.4 Å². The number of sulfonamides is 1. The topological polar surface area (TPSA) is 84.9 Å². The van der Waals surface area contributed by atoms with Crippen molar-refractivity contribution in [3.8, 4) is 11.5 Å². The van der Waals surface area contributed by atoms with Crippen molar-refractivity contribution in [3.63, 3.8) is 0 Å². The minimum absolute atomic E-state index is 0.0572. The van der Waals surface area contributed by atoms with E-state index >= 15 is 0 Å². The second-order valence-electron chi connectivity index (χ2n) is 6.04. The van der Waals surface area contributed by atoms with Crippen LogP contribution in [0.3, 0.4) is 0 Å². The average Bonchev–Trinajstić information content (AvgIpc) is 2.66. The molecule has 0 unspecified atom stereocenters. The lowest BCUT2D eigenvalue weighted by Crippen LogP contribution is -2.38. The summed E-state index contributed by atoms with van der Waals surface area (Å²) in [5.74, 6) is 0.165. The quantitative estimate of drug-likeness (QED) is 0.742. The Kier molecular flexibility index (Phi) is 6.81. The van der Waals surface area contributed by atoms with Gasteiger partial charge in [-0.05, 0) is 24.6 Å². The first-order chi connectivity index (χ1) is 12.8. The zero-order valence-corrected chi connectivity index (χ0v) is 16.7. The number of hydrogen-bond donors (Lipinski definition) is 1. The molecule has 27 heavy (non-hydrogen) atoms. The van der Waals surface area contributed by atoms with Crippen LogP contribution in [0.4, 0.5) is 0 Å². The van der Waals surface area contributed by atoms with Gasteiger partial charge in [0.15, 0.2) is 0 Å². The van der Waals surface area contributed by atoms with E-state index < -0.39 is 15.9 Å². The summed E-state index contributed by atoms with van der Waals surface area (Å²) in [6.07, 6.45) is 0. The van der Waals surface area contributed by atoms with Crippen LogP contribution in [0, 0.1) is 6.92 Å². The van der Waals surface area contributed by atoms with E-state index in [4.69, 9.17) is 9.47 Å². The van der Waals surface area contributed by atoms with Gasteiger partial charge in [-0.25, -0.2) is 8.42 Å². The highest BCUT2D eigenvalue weighted by Crippen LogP contribution is 2.30. The highest BCUT2D eigenvalue weighted by atomic mass is 32.2. The van der Waals surface area contributed by atoms with E-state index in [1.54, 1.807) is 6.07 Å². The van der Waals surface area contributed by atoms with Crippen molar-refractivity contribution in [1.82, 2.24) is 9.62 Å². The van der Waals surface area contributed by atoms with Gasteiger partial charge in [0.1, 0.15) is 16.4 Å². The molecule has 0 aromatic heterocycles. The lowest BCUT2D eigenvalue weighted by molar-refractivity contribution is -0.121. The molecule has 0 aliphatic heterocycles. The van der Waals surface area contributed by atoms with Crippen LogP contribution in [0.25, 0.3) is 0 Å². The first kappa shape index (κ1) is 20.7. The number of rotatable bonds is 8. The van der Waals surface area contributed by atoms with Crippen molar-refractivity contribution >= 4 is 15.9 Å². The van der Waals surface area contributed by atoms with Crippen LogP contribution in [-0.2, 0) is 21.4 Å². The maximum absolute atomic E-state index is 12.8. The molecular formula is C19H24N2O5S. The molecule has 0 saturated carbocycles. The van der Waals surface area contributed by atoms with Crippen molar-refractivity contribution in [1.29, 1.82) is 0 Å². The molecule has 0 aliphatic carbocycles. The number of hydrogen-bond acceptors (Lipinski definition) is 5. The van der Waals surface area contributed by atoms with Gasteiger partial charge in [-0.3, -0.25) is 4.79 Å². The van der Waals surface area contributed by atoms with E-state index in [0.717, 1.165) is 15.4 Å². The number of nitrogens with zero attached hydrogens (tertiary/aromatic N) is 1. The lowest BCUT2D eigenvalue weighted by Gasteiger charge is -2.19. The van der Waals surface area contributed by atoms with Crippen LogP contribution in [0.5, 0.6) is 11.5 Å². The van der Waals surface area contributed by atoms with Crippen LogP contribution >= 0.6 is 0 Å². The van der Waals surface area contributed by atoms with Crippen LogP contribution in [0.1, 0.15) is 11.1 Å². The van der Waals surface area contributed by atoms with Gasteiger partial charge < -0.3 is 14.8 Å². The fourth-order valence-corrected chi connectivity index (χ4v) is 3.70. The second kappa shape index (κ2) is 8.88. The third-order valence-electron chi connectivity index (χ3n) is 4.04. The molecule has 2 rings (SSSR count). The summed E-state index contributed by atoms with van der Waals surface area (Å²) in [5.41, 5.74) is 2.07. The predicted octanol–water partition coefficient (Wildman–Crippen LogP) is 1.95. The second-order valence-corrected chi connectivity index (χ2v) is 8.05. The number of carbonyl (C=O) groups is 1. The van der Waals surface area contributed by atoms with Crippen molar-refractivity contribution < 1.29 is 22.7 Å². The Morgan fingerprint density at radius 1 is 1.07 bits per heavy atom. The molecule has 1 amide bonds. The van der Waals surface area contributed by atoms with Gasteiger partial charge in [-0.15, -0.1) is 0 Å². The summed E-state index contributed by atoms with van der Waals surface area (Å²) >= 11 is 0. The van der Waals surface area contributed by atoms with E-state index in [9.17, 15) is 13.2 Å². The maximum atomic E-state index is 12.8. The minimum atomic E-state index is -3.93. The number of benzene rings is 2. The zero-order valence-electron chi connectivity index (χ0n) is 15.9. The molecule has 1 N–H and O–H groups in total. The molecule has 0 spiro atoms. The number of likely N-dealkylation sites (N-methyl/N-ethyl adjacent to an activating group) is 1. The first-order valence-electron chi connectivity index (χ1n) is 8.28. The van der Waals surface area contributed by atoms with Crippen LogP contribution < -0.4 is 14.8 Å². The van der Waals surface area contributed by atoms with E-state index in [2.05, 4.69) is 5.32 Å². The molecule has 7 nitrogen and oxygen atoms in total. The maximum Gasteiger partial charge on any atom is 0.247 e. The Balaban J connectivity index is 2.08. The molecule has 0 aliphatic rings. The first-order valence-corrected chi connectivity index (χ1v) is 9.72. The fourth-order valence-electron chi connectivity index (χ4n) is 2.40. The van der Waals surface area contributed by atoms with Gasteiger partial charge in [0.25, 0.3) is 0 Å². The molecule has 8 heteroatoms. The summed E-state index contributed by atoms with van der Waals surface area (Å²) in [7, 11) is 0.245. The molecule has 2 aromatic carbocycles. The molecule has 0 heterocycles. The number of methoxy groups -OCH3 is 2. The Hall–Kier alpha value is -2.58. The third-order valence-corrected chi connectivity index (χ3v) is 5.86. The number of amides is 1. The number of ether oxygens (including phenoxy) is 2. The largest absolute Gasteiger partial charge is 0.497 e. The highest BCUT2D eigenvalue weighted by Gasteiger charge is 2.27. The smallest absolute Gasteiger partial charge is 0.247 e. The minimum Gasteiger partial charge on any atom is -0.497 e. The highest BCUT2D eigenvalue weighted by molar-refractivity contribution is 7.89. The number of carbonyl (C=O) groups excluding carboxylic acids is 1. The molecule has 0 bridgehead atoms. The SMILES string of the molecule is COc1ccc(OC)c(S(=O)(=O)N(C)CC(=O)NCc2ccc(C)cc2)c1. The van der Waals surface area contributed by atoms with Gasteiger partial charge >= 0.3 is 0 Å². The molecule has 2 aromatic rings. The Bertz CT molecular complexity index is 895. The molecule has 0 radical (unpaired) electrons. The Labute approximate surface area is 160 Å². The van der Waals surface area contributed by atoms with Gasteiger partial charge in [0.2, 0.25) is 15.9 Å². The van der Waals surface area contributed by atoms with Crippen molar-refractivity contribution in [2.45, 2.75) is 18.4 Å². The Morgan fingerprint density at radius 2 is 1.74 bits per heavy atom. The summed E-state index contributed by atoms with van der Waals surface area (Å²) < 4.78 is 36.9. The standard InChI is InChI=1S/C19H24N2O5S/c1-14-5-7-15(8-6-14)12-20-19(22)13-21(2)27(23,24)18-11-16(25-3)9-10-17(18)26-4/h5-11H,12-13H2,1-4H3,(H,20,22). The fraction of sp³-hybridized carbons (Fsp3) is 0.316. The van der Waals surface area contributed by atoms with Gasteiger partial charge in [-0.2, -0.15) is 4.31 Å². The molecule has 0 saturated heterocycles. The van der Waals surface area contributed by atoms with Gasteiger partial charge in [0.05, 0.1) is 20.8 Å². The monoisotopic (exact) mass is 392 g/mol.